The molecular formula is C15H9Cl2N3O2. The van der Waals surface area contributed by atoms with Crippen molar-refractivity contribution in [2.45, 2.75) is 0 Å². The van der Waals surface area contributed by atoms with Crippen LogP contribution in [0.2, 0.25) is 10.0 Å². The lowest BCUT2D eigenvalue weighted by Crippen LogP contribution is -2.29. The summed E-state index contributed by atoms with van der Waals surface area (Å²) in [6.45, 7) is 0. The normalized spacial score (nSPS) is 9.68. The molecule has 2 aromatic rings. The van der Waals surface area contributed by atoms with Crippen LogP contribution in [0.1, 0.15) is 5.56 Å². The zero-order valence-electron chi connectivity index (χ0n) is 11.1. The second-order valence-electron chi connectivity index (χ2n) is 4.20. The van der Waals surface area contributed by atoms with Crippen LogP contribution < -0.4 is 10.6 Å². The van der Waals surface area contributed by atoms with Gasteiger partial charge in [0.15, 0.2) is 0 Å². The molecule has 5 nitrogen and oxygen atoms in total. The quantitative estimate of drug-likeness (QED) is 0.826. The van der Waals surface area contributed by atoms with Crippen LogP contribution in [0, 0.1) is 11.3 Å². The fourth-order valence-electron chi connectivity index (χ4n) is 1.60. The van der Waals surface area contributed by atoms with E-state index in [9.17, 15) is 9.59 Å². The highest BCUT2D eigenvalue weighted by molar-refractivity contribution is 6.47. The molecule has 2 amide bonds. The van der Waals surface area contributed by atoms with Crippen LogP contribution in [0.5, 0.6) is 0 Å². The highest BCUT2D eigenvalue weighted by atomic mass is 35.5. The van der Waals surface area contributed by atoms with E-state index in [4.69, 9.17) is 28.5 Å². The first kappa shape index (κ1) is 15.8. The number of nitrogens with zero attached hydrogens (tertiary/aromatic N) is 1. The summed E-state index contributed by atoms with van der Waals surface area (Å²) in [5.41, 5.74) is 1.10. The summed E-state index contributed by atoms with van der Waals surface area (Å²) in [6, 6.07) is 12.8. The average molecular weight is 334 g/mol. The fraction of sp³-hybridized carbons (Fsp3) is 0. The first-order chi connectivity index (χ1) is 10.5. The van der Waals surface area contributed by atoms with Gasteiger partial charge in [-0.25, -0.2) is 0 Å². The molecule has 0 bridgehead atoms. The third-order valence-corrected chi connectivity index (χ3v) is 3.50. The maximum atomic E-state index is 11.8. The van der Waals surface area contributed by atoms with Crippen LogP contribution in [-0.2, 0) is 9.59 Å². The van der Waals surface area contributed by atoms with E-state index in [1.54, 1.807) is 12.1 Å². The summed E-state index contributed by atoms with van der Waals surface area (Å²) in [4.78, 5) is 23.6. The van der Waals surface area contributed by atoms with Gasteiger partial charge in [0.25, 0.3) is 0 Å². The molecule has 0 spiro atoms. The Morgan fingerprint density at radius 1 is 0.955 bits per heavy atom. The largest absolute Gasteiger partial charge is 0.318 e. The van der Waals surface area contributed by atoms with Gasteiger partial charge in [0.1, 0.15) is 0 Å². The summed E-state index contributed by atoms with van der Waals surface area (Å²) in [5.74, 6) is -1.74. The van der Waals surface area contributed by atoms with Crippen molar-refractivity contribution in [2.24, 2.45) is 0 Å². The van der Waals surface area contributed by atoms with E-state index in [0.717, 1.165) is 0 Å². The van der Waals surface area contributed by atoms with Gasteiger partial charge in [-0.15, -0.1) is 0 Å². The number of amides is 2. The number of anilines is 2. The monoisotopic (exact) mass is 333 g/mol. The van der Waals surface area contributed by atoms with Crippen LogP contribution >= 0.6 is 23.2 Å². The van der Waals surface area contributed by atoms with E-state index in [0.29, 0.717) is 11.3 Å². The van der Waals surface area contributed by atoms with Crippen LogP contribution in [0.25, 0.3) is 0 Å². The van der Waals surface area contributed by atoms with Crippen molar-refractivity contribution >= 4 is 46.4 Å². The molecule has 2 rings (SSSR count). The lowest BCUT2D eigenvalue weighted by atomic mass is 10.2. The molecule has 0 atom stereocenters. The second-order valence-corrected chi connectivity index (χ2v) is 4.98. The van der Waals surface area contributed by atoms with Gasteiger partial charge in [-0.05, 0) is 36.4 Å². The van der Waals surface area contributed by atoms with Crippen LogP contribution in [0.15, 0.2) is 42.5 Å². The Morgan fingerprint density at radius 2 is 1.59 bits per heavy atom. The number of hydrogen-bond acceptors (Lipinski definition) is 3. The molecule has 2 aromatic carbocycles. The molecule has 0 aliphatic rings. The Bertz CT molecular complexity index is 767. The van der Waals surface area contributed by atoms with Crippen molar-refractivity contribution in [1.29, 1.82) is 5.26 Å². The molecule has 0 aliphatic carbocycles. The fourth-order valence-corrected chi connectivity index (χ4v) is 1.94. The number of carbonyl (C=O) groups excluding carboxylic acids is 2. The molecule has 2 N–H and O–H groups in total. The standard InChI is InChI=1S/C15H9Cl2N3O2/c16-11-2-1-3-12(13(11)17)20-15(22)14(21)19-10-6-4-9(8-18)5-7-10/h1-7H,(H,19,21)(H,20,22). The van der Waals surface area contributed by atoms with Crippen molar-refractivity contribution in [1.82, 2.24) is 0 Å². The van der Waals surface area contributed by atoms with Gasteiger partial charge in [0.05, 0.1) is 27.4 Å². The van der Waals surface area contributed by atoms with Crippen molar-refractivity contribution in [2.75, 3.05) is 10.6 Å². The second kappa shape index (κ2) is 6.94. The minimum Gasteiger partial charge on any atom is -0.318 e. The molecule has 0 aliphatic heterocycles. The Hall–Kier alpha value is -2.55. The van der Waals surface area contributed by atoms with E-state index in [2.05, 4.69) is 10.6 Å². The summed E-state index contributed by atoms with van der Waals surface area (Å²) >= 11 is 11.8. The lowest BCUT2D eigenvalue weighted by Gasteiger charge is -2.08. The third kappa shape index (κ3) is 3.76. The van der Waals surface area contributed by atoms with Gasteiger partial charge >= 0.3 is 11.8 Å². The van der Waals surface area contributed by atoms with Crippen LogP contribution in [0.4, 0.5) is 11.4 Å². The molecular weight excluding hydrogens is 325 g/mol. The molecule has 0 aromatic heterocycles. The summed E-state index contributed by atoms with van der Waals surface area (Å²) in [7, 11) is 0. The van der Waals surface area contributed by atoms with E-state index in [1.165, 1.54) is 30.3 Å². The van der Waals surface area contributed by atoms with Gasteiger partial charge in [-0.1, -0.05) is 29.3 Å². The van der Waals surface area contributed by atoms with Crippen molar-refractivity contribution in [3.8, 4) is 6.07 Å². The van der Waals surface area contributed by atoms with Gasteiger partial charge in [0.2, 0.25) is 0 Å². The molecule has 7 heteroatoms. The van der Waals surface area contributed by atoms with Gasteiger partial charge in [-0.3, -0.25) is 9.59 Å². The highest BCUT2D eigenvalue weighted by Crippen LogP contribution is 2.29. The lowest BCUT2D eigenvalue weighted by molar-refractivity contribution is -0.132. The van der Waals surface area contributed by atoms with Crippen molar-refractivity contribution < 1.29 is 9.59 Å². The minimum absolute atomic E-state index is 0.156. The topological polar surface area (TPSA) is 82.0 Å². The van der Waals surface area contributed by atoms with Gasteiger partial charge in [0, 0.05) is 5.69 Å². The number of nitriles is 1. The average Bonchev–Trinajstić information content (AvgIpc) is 2.52. The molecule has 0 radical (unpaired) electrons. The number of nitrogens with one attached hydrogen (secondary N) is 2. The molecule has 0 unspecified atom stereocenters. The van der Waals surface area contributed by atoms with Crippen molar-refractivity contribution in [3.05, 3.63) is 58.1 Å². The van der Waals surface area contributed by atoms with Gasteiger partial charge in [-0.2, -0.15) is 5.26 Å². The number of benzene rings is 2. The predicted octanol–water partition coefficient (Wildman–Crippen LogP) is 3.44. The SMILES string of the molecule is N#Cc1ccc(NC(=O)C(=O)Nc2cccc(Cl)c2Cl)cc1. The first-order valence-electron chi connectivity index (χ1n) is 6.08. The van der Waals surface area contributed by atoms with E-state index < -0.39 is 11.8 Å². The Kier molecular flexibility index (Phi) is 4.99. The molecule has 0 heterocycles. The number of carbonyl (C=O) groups is 2. The maximum absolute atomic E-state index is 11.8. The number of halogens is 2. The molecule has 110 valence electrons. The first-order valence-corrected chi connectivity index (χ1v) is 6.83. The minimum atomic E-state index is -0.881. The van der Waals surface area contributed by atoms with Crippen LogP contribution in [0.3, 0.4) is 0 Å². The Morgan fingerprint density at radius 3 is 2.23 bits per heavy atom. The van der Waals surface area contributed by atoms with E-state index in [-0.39, 0.29) is 15.7 Å². The van der Waals surface area contributed by atoms with E-state index >= 15 is 0 Å². The number of hydrogen-bond donors (Lipinski definition) is 2. The Balaban J connectivity index is 2.04. The molecule has 0 saturated heterocycles. The zero-order valence-corrected chi connectivity index (χ0v) is 12.6. The van der Waals surface area contributed by atoms with E-state index in [1.807, 2.05) is 6.07 Å². The summed E-state index contributed by atoms with van der Waals surface area (Å²) < 4.78 is 0. The molecule has 0 fully saturated rings. The zero-order chi connectivity index (χ0) is 16.1. The smallest absolute Gasteiger partial charge is 0.314 e. The number of rotatable bonds is 2. The third-order valence-electron chi connectivity index (χ3n) is 2.68. The van der Waals surface area contributed by atoms with Gasteiger partial charge < -0.3 is 10.6 Å². The highest BCUT2D eigenvalue weighted by Gasteiger charge is 2.16. The maximum Gasteiger partial charge on any atom is 0.314 e. The molecule has 22 heavy (non-hydrogen) atoms. The van der Waals surface area contributed by atoms with Crippen LogP contribution in [-0.4, -0.2) is 11.8 Å². The summed E-state index contributed by atoms with van der Waals surface area (Å²) in [6.07, 6.45) is 0. The summed E-state index contributed by atoms with van der Waals surface area (Å²) in [5, 5.41) is 13.9. The van der Waals surface area contributed by atoms with Crippen molar-refractivity contribution in [3.63, 3.8) is 0 Å². The predicted molar refractivity (Wildman–Crippen MR) is 84.9 cm³/mol. The Labute approximate surface area is 136 Å². The molecule has 0 saturated carbocycles.